The number of aryl methyl sites for hydroxylation is 3. The predicted molar refractivity (Wildman–Crippen MR) is 102 cm³/mol. The minimum atomic E-state index is -0.742. The molecule has 0 saturated carbocycles. The average Bonchev–Trinajstić information content (AvgIpc) is 3.22. The van der Waals surface area contributed by atoms with Crippen molar-refractivity contribution in [2.45, 2.75) is 44.9 Å². The Hall–Kier alpha value is -2.56. The van der Waals surface area contributed by atoms with E-state index in [1.54, 1.807) is 6.92 Å². The summed E-state index contributed by atoms with van der Waals surface area (Å²) in [4.78, 5) is 24.9. The standard InChI is InChI=1S/C23H23F2NO2/c1-13-7-20(24)22(21(25)8-13)19-12-26-23(28)18(19)11-17(27)10-14-5-6-15-3-2-4-16(15)9-14/h5-9,18-19H,2-4,10-12H2,1H3,(H,26,28)/t18-,19+/m0/s1. The second-order valence-corrected chi connectivity index (χ2v) is 7.98. The molecule has 28 heavy (non-hydrogen) atoms. The van der Waals surface area contributed by atoms with Crippen molar-refractivity contribution in [3.63, 3.8) is 0 Å². The first-order valence-electron chi connectivity index (χ1n) is 9.78. The summed E-state index contributed by atoms with van der Waals surface area (Å²) in [6.45, 7) is 1.76. The van der Waals surface area contributed by atoms with Crippen LogP contribution in [0.4, 0.5) is 8.78 Å². The van der Waals surface area contributed by atoms with Gasteiger partial charge in [-0.2, -0.15) is 0 Å². The number of ketones is 1. The van der Waals surface area contributed by atoms with E-state index in [0.717, 1.165) is 24.8 Å². The van der Waals surface area contributed by atoms with E-state index in [-0.39, 0.29) is 36.6 Å². The van der Waals surface area contributed by atoms with Gasteiger partial charge < -0.3 is 5.32 Å². The van der Waals surface area contributed by atoms with Crippen molar-refractivity contribution in [2.75, 3.05) is 6.54 Å². The molecular weight excluding hydrogens is 360 g/mol. The molecule has 0 radical (unpaired) electrons. The normalized spacial score (nSPS) is 20.9. The van der Waals surface area contributed by atoms with Gasteiger partial charge in [0.2, 0.25) is 5.91 Å². The fourth-order valence-electron chi connectivity index (χ4n) is 4.55. The summed E-state index contributed by atoms with van der Waals surface area (Å²) in [6.07, 6.45) is 3.49. The largest absolute Gasteiger partial charge is 0.355 e. The zero-order valence-corrected chi connectivity index (χ0v) is 15.9. The van der Waals surface area contributed by atoms with Crippen LogP contribution in [-0.2, 0) is 28.9 Å². The van der Waals surface area contributed by atoms with Gasteiger partial charge in [-0.05, 0) is 60.6 Å². The van der Waals surface area contributed by atoms with E-state index in [1.807, 2.05) is 6.07 Å². The minimum Gasteiger partial charge on any atom is -0.355 e. The van der Waals surface area contributed by atoms with Gasteiger partial charge in [-0.15, -0.1) is 0 Å². The molecular formula is C23H23F2NO2. The molecule has 1 aliphatic heterocycles. The lowest BCUT2D eigenvalue weighted by atomic mass is 9.83. The van der Waals surface area contributed by atoms with Crippen LogP contribution in [0, 0.1) is 24.5 Å². The van der Waals surface area contributed by atoms with Crippen molar-refractivity contribution in [1.29, 1.82) is 0 Å². The number of carbonyl (C=O) groups excluding carboxylic acids is 2. The van der Waals surface area contributed by atoms with Crippen molar-refractivity contribution in [1.82, 2.24) is 5.32 Å². The molecule has 5 heteroatoms. The monoisotopic (exact) mass is 383 g/mol. The van der Waals surface area contributed by atoms with Gasteiger partial charge in [-0.3, -0.25) is 9.59 Å². The molecule has 0 aromatic heterocycles. The SMILES string of the molecule is Cc1cc(F)c([C@@H]2CNC(=O)[C@H]2CC(=O)Cc2ccc3c(c2)CCC3)c(F)c1. The molecule has 2 aliphatic rings. The molecule has 1 fully saturated rings. The van der Waals surface area contributed by atoms with E-state index in [1.165, 1.54) is 23.3 Å². The van der Waals surface area contributed by atoms with Crippen LogP contribution in [0.25, 0.3) is 0 Å². The Kier molecular flexibility index (Phi) is 5.00. The number of halogens is 2. The van der Waals surface area contributed by atoms with Gasteiger partial charge in [0, 0.05) is 30.9 Å². The van der Waals surface area contributed by atoms with Gasteiger partial charge in [0.05, 0.1) is 5.92 Å². The van der Waals surface area contributed by atoms with Crippen molar-refractivity contribution in [2.24, 2.45) is 5.92 Å². The Morgan fingerprint density at radius 1 is 1.11 bits per heavy atom. The zero-order chi connectivity index (χ0) is 19.8. The third kappa shape index (κ3) is 3.58. The quantitative estimate of drug-likeness (QED) is 0.854. The fourth-order valence-corrected chi connectivity index (χ4v) is 4.55. The first-order chi connectivity index (χ1) is 13.4. The number of benzene rings is 2. The number of rotatable bonds is 5. The van der Waals surface area contributed by atoms with Crippen LogP contribution >= 0.6 is 0 Å². The van der Waals surface area contributed by atoms with Gasteiger partial charge in [0.25, 0.3) is 0 Å². The molecule has 1 amide bonds. The Labute approximate surface area is 163 Å². The van der Waals surface area contributed by atoms with Crippen molar-refractivity contribution < 1.29 is 18.4 Å². The van der Waals surface area contributed by atoms with Crippen LogP contribution in [0.2, 0.25) is 0 Å². The van der Waals surface area contributed by atoms with Crippen LogP contribution in [0.1, 0.15) is 46.6 Å². The smallest absolute Gasteiger partial charge is 0.224 e. The van der Waals surface area contributed by atoms with Gasteiger partial charge in [0.1, 0.15) is 17.4 Å². The van der Waals surface area contributed by atoms with E-state index < -0.39 is 23.5 Å². The van der Waals surface area contributed by atoms with E-state index in [4.69, 9.17) is 0 Å². The minimum absolute atomic E-state index is 0.0136. The molecule has 0 unspecified atom stereocenters. The molecule has 2 atom stereocenters. The molecule has 1 saturated heterocycles. The average molecular weight is 383 g/mol. The molecule has 0 spiro atoms. The maximum atomic E-state index is 14.4. The predicted octanol–water partition coefficient (Wildman–Crippen LogP) is 3.79. The molecule has 2 aromatic carbocycles. The summed E-state index contributed by atoms with van der Waals surface area (Å²) in [5.74, 6) is -3.12. The van der Waals surface area contributed by atoms with Gasteiger partial charge in [-0.1, -0.05) is 18.2 Å². The molecule has 0 bridgehead atoms. The molecule has 2 aromatic rings. The maximum absolute atomic E-state index is 14.4. The van der Waals surface area contributed by atoms with E-state index in [2.05, 4.69) is 17.4 Å². The molecule has 4 rings (SSSR count). The van der Waals surface area contributed by atoms with Crippen LogP contribution in [0.3, 0.4) is 0 Å². The van der Waals surface area contributed by atoms with Crippen LogP contribution in [-0.4, -0.2) is 18.2 Å². The summed E-state index contributed by atoms with van der Waals surface area (Å²) in [7, 11) is 0. The maximum Gasteiger partial charge on any atom is 0.224 e. The zero-order valence-electron chi connectivity index (χ0n) is 15.9. The van der Waals surface area contributed by atoms with E-state index >= 15 is 0 Å². The summed E-state index contributed by atoms with van der Waals surface area (Å²) in [6, 6.07) is 8.65. The van der Waals surface area contributed by atoms with Gasteiger partial charge in [-0.25, -0.2) is 8.78 Å². The molecule has 3 nitrogen and oxygen atoms in total. The number of carbonyl (C=O) groups is 2. The second-order valence-electron chi connectivity index (χ2n) is 7.98. The number of hydrogen-bond acceptors (Lipinski definition) is 2. The lowest BCUT2D eigenvalue weighted by Crippen LogP contribution is -2.23. The number of fused-ring (bicyclic) bond motifs is 1. The number of Topliss-reactive ketones (excluding diaryl/α,β-unsaturated/α-hetero) is 1. The highest BCUT2D eigenvalue weighted by Gasteiger charge is 2.39. The molecule has 146 valence electrons. The lowest BCUT2D eigenvalue weighted by Gasteiger charge is -2.18. The highest BCUT2D eigenvalue weighted by molar-refractivity contribution is 5.90. The number of hydrogen-bond donors (Lipinski definition) is 1. The third-order valence-corrected chi connectivity index (χ3v) is 5.92. The van der Waals surface area contributed by atoms with Gasteiger partial charge >= 0.3 is 0 Å². The van der Waals surface area contributed by atoms with Crippen molar-refractivity contribution in [3.8, 4) is 0 Å². The van der Waals surface area contributed by atoms with Crippen LogP contribution in [0.15, 0.2) is 30.3 Å². The third-order valence-electron chi connectivity index (χ3n) is 5.92. The number of amides is 1. The summed E-state index contributed by atoms with van der Waals surface area (Å²) >= 11 is 0. The highest BCUT2D eigenvalue weighted by atomic mass is 19.1. The van der Waals surface area contributed by atoms with Crippen molar-refractivity contribution >= 4 is 11.7 Å². The molecule has 1 heterocycles. The second kappa shape index (κ2) is 7.46. The van der Waals surface area contributed by atoms with Crippen LogP contribution < -0.4 is 5.32 Å². The number of nitrogens with one attached hydrogen (secondary N) is 1. The summed E-state index contributed by atoms with van der Waals surface area (Å²) < 4.78 is 28.8. The first kappa shape index (κ1) is 18.8. The van der Waals surface area contributed by atoms with Crippen LogP contribution in [0.5, 0.6) is 0 Å². The Morgan fingerprint density at radius 3 is 2.57 bits per heavy atom. The topological polar surface area (TPSA) is 46.2 Å². The summed E-state index contributed by atoms with van der Waals surface area (Å²) in [5.41, 5.74) is 3.97. The highest BCUT2D eigenvalue weighted by Crippen LogP contribution is 2.35. The Balaban J connectivity index is 1.51. The lowest BCUT2D eigenvalue weighted by molar-refractivity contribution is -0.127. The summed E-state index contributed by atoms with van der Waals surface area (Å²) in [5, 5.41) is 2.67. The van der Waals surface area contributed by atoms with Gasteiger partial charge in [0.15, 0.2) is 0 Å². The Bertz CT molecular complexity index is 931. The van der Waals surface area contributed by atoms with E-state index in [9.17, 15) is 18.4 Å². The molecule has 1 N–H and O–H groups in total. The molecule has 1 aliphatic carbocycles. The fraction of sp³-hybridized carbons (Fsp3) is 0.391. The van der Waals surface area contributed by atoms with Crippen molar-refractivity contribution in [3.05, 3.63) is 69.8 Å². The van der Waals surface area contributed by atoms with E-state index in [0.29, 0.717) is 5.56 Å². The Morgan fingerprint density at radius 2 is 1.82 bits per heavy atom. The first-order valence-corrected chi connectivity index (χ1v) is 9.78.